The van der Waals surface area contributed by atoms with E-state index in [-0.39, 0.29) is 21.9 Å². The molecule has 4 nitrogen and oxygen atoms in total. The number of fused-ring (bicyclic) bond motifs is 1. The summed E-state index contributed by atoms with van der Waals surface area (Å²) in [4.78, 5) is 16.0. The van der Waals surface area contributed by atoms with Gasteiger partial charge in [0.1, 0.15) is 22.4 Å². The average molecular weight is 375 g/mol. The van der Waals surface area contributed by atoms with Crippen LogP contribution in [0.5, 0.6) is 0 Å². The molecule has 0 radical (unpaired) electrons. The largest absolute Gasteiger partial charge is 0.506 e. The monoisotopic (exact) mass is 374 g/mol. The molecule has 0 aliphatic rings. The van der Waals surface area contributed by atoms with Gasteiger partial charge in [0.25, 0.3) is 5.56 Å². The van der Waals surface area contributed by atoms with Crippen molar-refractivity contribution >= 4 is 56.0 Å². The second-order valence-corrected chi connectivity index (χ2v) is 6.72. The van der Waals surface area contributed by atoms with Gasteiger partial charge >= 0.3 is 0 Å². The fourth-order valence-corrected chi connectivity index (χ4v) is 3.67. The van der Waals surface area contributed by atoms with Crippen molar-refractivity contribution < 1.29 is 5.11 Å². The number of halogens is 2. The molecule has 0 unspecified atom stereocenters. The lowest BCUT2D eigenvalue weighted by Gasteiger charge is -2.06. The summed E-state index contributed by atoms with van der Waals surface area (Å²) >= 11 is 13.0. The van der Waals surface area contributed by atoms with Crippen LogP contribution in [0.2, 0.25) is 10.0 Å². The Kier molecular flexibility index (Phi) is 4.54. The predicted molar refractivity (Wildman–Crippen MR) is 97.4 cm³/mol. The molecular formula is C17H8Cl2N2O2S. The molecule has 0 saturated heterocycles. The van der Waals surface area contributed by atoms with Crippen molar-refractivity contribution in [3.05, 3.63) is 73.4 Å². The highest BCUT2D eigenvalue weighted by atomic mass is 35.5. The Balaban J connectivity index is 2.25. The van der Waals surface area contributed by atoms with Gasteiger partial charge in [0.2, 0.25) is 0 Å². The van der Waals surface area contributed by atoms with Crippen molar-refractivity contribution in [3.8, 4) is 6.07 Å². The maximum absolute atomic E-state index is 12.1. The van der Waals surface area contributed by atoms with Crippen molar-refractivity contribution in [2.75, 3.05) is 0 Å². The number of aliphatic hydroxyl groups is 1. The molecule has 24 heavy (non-hydrogen) atoms. The molecule has 0 aliphatic heterocycles. The molecule has 1 heterocycles. The highest BCUT2D eigenvalue weighted by Gasteiger charge is 2.16. The van der Waals surface area contributed by atoms with E-state index < -0.39 is 5.56 Å². The number of hydrogen-bond donors (Lipinski definition) is 1. The molecule has 118 valence electrons. The molecule has 1 N–H and O–H groups in total. The number of aromatic nitrogens is 1. The van der Waals surface area contributed by atoms with Crippen molar-refractivity contribution in [1.29, 1.82) is 5.26 Å². The van der Waals surface area contributed by atoms with E-state index in [1.165, 1.54) is 18.2 Å². The number of nitrogens with zero attached hydrogens (tertiary/aromatic N) is 2. The van der Waals surface area contributed by atoms with E-state index in [1.807, 2.05) is 6.07 Å². The van der Waals surface area contributed by atoms with Gasteiger partial charge in [0, 0.05) is 20.3 Å². The van der Waals surface area contributed by atoms with Crippen LogP contribution in [0.3, 0.4) is 0 Å². The third-order valence-corrected chi connectivity index (χ3v) is 4.73. The predicted octanol–water partition coefficient (Wildman–Crippen LogP) is 4.91. The van der Waals surface area contributed by atoms with Gasteiger partial charge in [-0.25, -0.2) is 0 Å². The highest BCUT2D eigenvalue weighted by molar-refractivity contribution is 7.19. The maximum atomic E-state index is 12.1. The Labute approximate surface area is 150 Å². The van der Waals surface area contributed by atoms with Crippen LogP contribution < -0.4 is 5.56 Å². The Morgan fingerprint density at radius 3 is 2.50 bits per heavy atom. The average Bonchev–Trinajstić information content (AvgIpc) is 2.54. The molecule has 0 atom stereocenters. The van der Waals surface area contributed by atoms with Crippen LogP contribution in [0.15, 0.2) is 47.3 Å². The molecule has 0 bridgehead atoms. The van der Waals surface area contributed by atoms with Gasteiger partial charge in [0.15, 0.2) is 0 Å². The summed E-state index contributed by atoms with van der Waals surface area (Å²) in [5, 5.41) is 21.1. The van der Waals surface area contributed by atoms with Gasteiger partial charge in [-0.15, -0.1) is 11.3 Å². The SMILES string of the molecule is N#CC(=C(O)c1cc(Cl)cc(Cl)c1)c1nc(=O)c2ccccc2s1. The van der Waals surface area contributed by atoms with Gasteiger partial charge in [-0.3, -0.25) is 4.79 Å². The Morgan fingerprint density at radius 1 is 1.17 bits per heavy atom. The summed E-state index contributed by atoms with van der Waals surface area (Å²) in [5.41, 5.74) is -0.288. The summed E-state index contributed by atoms with van der Waals surface area (Å²) in [6.45, 7) is 0. The zero-order chi connectivity index (χ0) is 17.3. The van der Waals surface area contributed by atoms with Crippen LogP contribution in [0, 0.1) is 11.3 Å². The van der Waals surface area contributed by atoms with Gasteiger partial charge in [-0.05, 0) is 30.3 Å². The lowest BCUT2D eigenvalue weighted by molar-refractivity contribution is 0.514. The minimum absolute atomic E-state index is 0.110. The Morgan fingerprint density at radius 2 is 1.83 bits per heavy atom. The maximum Gasteiger partial charge on any atom is 0.279 e. The third kappa shape index (κ3) is 3.13. The van der Waals surface area contributed by atoms with Crippen LogP contribution in [0.1, 0.15) is 10.6 Å². The summed E-state index contributed by atoms with van der Waals surface area (Å²) in [6.07, 6.45) is 0. The molecule has 0 fully saturated rings. The van der Waals surface area contributed by atoms with Crippen molar-refractivity contribution in [2.24, 2.45) is 0 Å². The van der Waals surface area contributed by atoms with Crippen molar-refractivity contribution in [3.63, 3.8) is 0 Å². The molecule has 0 aliphatic carbocycles. The molecule has 0 amide bonds. The summed E-state index contributed by atoms with van der Waals surface area (Å²) in [6, 6.07) is 13.3. The van der Waals surface area contributed by atoms with E-state index in [9.17, 15) is 15.2 Å². The molecule has 2 aromatic carbocycles. The number of allylic oxidation sites excluding steroid dienone is 1. The number of nitriles is 1. The fraction of sp³-hybridized carbons (Fsp3) is 0. The Bertz CT molecular complexity index is 1060. The van der Waals surface area contributed by atoms with Gasteiger partial charge < -0.3 is 5.11 Å². The zero-order valence-electron chi connectivity index (χ0n) is 12.0. The molecule has 0 saturated carbocycles. The van der Waals surface area contributed by atoms with Gasteiger partial charge in [-0.1, -0.05) is 35.3 Å². The van der Waals surface area contributed by atoms with E-state index in [2.05, 4.69) is 4.98 Å². The summed E-state index contributed by atoms with van der Waals surface area (Å²) in [7, 11) is 0. The van der Waals surface area contributed by atoms with Gasteiger partial charge in [0.05, 0.1) is 5.39 Å². The van der Waals surface area contributed by atoms with Crippen LogP contribution in [-0.4, -0.2) is 10.1 Å². The quantitative estimate of drug-likeness (QED) is 0.510. The standard InChI is InChI=1S/C17H8Cl2N2O2S/c18-10-5-9(6-11(19)7-10)15(22)13(8-20)17-21-16(23)12-3-1-2-4-14(12)24-17/h1-7,22H. The van der Waals surface area contributed by atoms with Crippen LogP contribution in [0.25, 0.3) is 21.4 Å². The van der Waals surface area contributed by atoms with Crippen LogP contribution in [-0.2, 0) is 0 Å². The molecule has 0 spiro atoms. The van der Waals surface area contributed by atoms with E-state index in [1.54, 1.807) is 24.3 Å². The first-order chi connectivity index (χ1) is 11.5. The molecular weight excluding hydrogens is 367 g/mol. The number of benzene rings is 2. The van der Waals surface area contributed by atoms with E-state index in [4.69, 9.17) is 23.2 Å². The molecule has 7 heteroatoms. The lowest BCUT2D eigenvalue weighted by Crippen LogP contribution is -2.07. The number of hydrogen-bond acceptors (Lipinski definition) is 5. The van der Waals surface area contributed by atoms with Crippen molar-refractivity contribution in [1.82, 2.24) is 4.98 Å². The molecule has 3 aromatic rings. The van der Waals surface area contributed by atoms with Gasteiger partial charge in [-0.2, -0.15) is 10.2 Å². The number of aliphatic hydroxyl groups excluding tert-OH is 1. The first kappa shape index (κ1) is 16.5. The fourth-order valence-electron chi connectivity index (χ4n) is 2.16. The van der Waals surface area contributed by atoms with E-state index >= 15 is 0 Å². The molecule has 1 aromatic heterocycles. The van der Waals surface area contributed by atoms with Crippen LogP contribution in [0.4, 0.5) is 0 Å². The number of rotatable bonds is 2. The van der Waals surface area contributed by atoms with E-state index in [0.717, 1.165) is 11.3 Å². The zero-order valence-corrected chi connectivity index (χ0v) is 14.3. The van der Waals surface area contributed by atoms with E-state index in [0.29, 0.717) is 20.1 Å². The van der Waals surface area contributed by atoms with Crippen molar-refractivity contribution in [2.45, 2.75) is 0 Å². The smallest absolute Gasteiger partial charge is 0.279 e. The van der Waals surface area contributed by atoms with Crippen LogP contribution >= 0.6 is 34.5 Å². The third-order valence-electron chi connectivity index (χ3n) is 3.23. The topological polar surface area (TPSA) is 74.0 Å². The highest BCUT2D eigenvalue weighted by Crippen LogP contribution is 2.30. The molecule has 3 rings (SSSR count). The summed E-state index contributed by atoms with van der Waals surface area (Å²) in [5.74, 6) is -0.333. The first-order valence-electron chi connectivity index (χ1n) is 6.69. The first-order valence-corrected chi connectivity index (χ1v) is 8.27. The lowest BCUT2D eigenvalue weighted by atomic mass is 10.1. The second kappa shape index (κ2) is 6.62. The normalized spacial score (nSPS) is 11.9. The minimum atomic E-state index is -0.455. The minimum Gasteiger partial charge on any atom is -0.506 e. The summed E-state index contributed by atoms with van der Waals surface area (Å²) < 4.78 is 0.678. The second-order valence-electron chi connectivity index (χ2n) is 4.81. The Hall–Kier alpha value is -2.39.